The Hall–Kier alpha value is -3.08. The van der Waals surface area contributed by atoms with E-state index in [1.54, 1.807) is 23.4 Å². The summed E-state index contributed by atoms with van der Waals surface area (Å²) in [6, 6.07) is 6.48. The van der Waals surface area contributed by atoms with E-state index < -0.39 is 17.3 Å². The van der Waals surface area contributed by atoms with Crippen LogP contribution in [0.4, 0.5) is 29.3 Å². The Morgan fingerprint density at radius 2 is 1.74 bits per heavy atom. The monoisotopic (exact) mass is 426 g/mol. The van der Waals surface area contributed by atoms with E-state index in [1.165, 1.54) is 11.0 Å². The number of rotatable bonds is 3. The predicted molar refractivity (Wildman–Crippen MR) is 109 cm³/mol. The lowest BCUT2D eigenvalue weighted by Crippen LogP contribution is -2.40. The van der Waals surface area contributed by atoms with Gasteiger partial charge in [0.05, 0.1) is 41.2 Å². The molecule has 0 spiro atoms. The Morgan fingerprint density at radius 3 is 2.39 bits per heavy atom. The Labute approximate surface area is 178 Å². The van der Waals surface area contributed by atoms with Crippen LogP contribution < -0.4 is 9.80 Å². The average Bonchev–Trinajstić information content (AvgIpc) is 3.56. The number of carbonyl (C=O) groups excluding carboxylic acids is 1. The molecule has 2 aliphatic carbocycles. The van der Waals surface area contributed by atoms with Crippen LogP contribution in [-0.2, 0) is 6.18 Å². The summed E-state index contributed by atoms with van der Waals surface area (Å²) in [4.78, 5) is 21.2. The summed E-state index contributed by atoms with van der Waals surface area (Å²) < 4.78 is 40.6. The molecule has 31 heavy (non-hydrogen) atoms. The fraction of sp³-hybridized carbons (Fsp3) is 0.435. The first-order valence-corrected chi connectivity index (χ1v) is 10.6. The number of fused-ring (bicyclic) bond motifs is 1. The third-order valence-corrected chi connectivity index (χ3v) is 6.59. The van der Waals surface area contributed by atoms with Crippen LogP contribution in [0.5, 0.6) is 0 Å². The molecular formula is C23H21F3N4O. The molecule has 0 radical (unpaired) electrons. The minimum Gasteiger partial charge on any atom is -0.289 e. The maximum absolute atomic E-state index is 13.7. The number of nitrogens with zero attached hydrogens (tertiary/aromatic N) is 4. The second-order valence-corrected chi connectivity index (χ2v) is 8.49. The second-order valence-electron chi connectivity index (χ2n) is 8.49. The van der Waals surface area contributed by atoms with Crippen LogP contribution in [-0.4, -0.2) is 23.1 Å². The van der Waals surface area contributed by atoms with Gasteiger partial charge in [0, 0.05) is 11.9 Å². The minimum atomic E-state index is -4.67. The molecule has 0 N–H and O–H groups in total. The van der Waals surface area contributed by atoms with Crippen molar-refractivity contribution in [1.29, 1.82) is 5.26 Å². The van der Waals surface area contributed by atoms with Gasteiger partial charge in [-0.1, -0.05) is 12.8 Å². The summed E-state index contributed by atoms with van der Waals surface area (Å²) in [6.07, 6.45) is 4.33. The standard InChI is InChI=1S/C23H21F3N4O/c24-23(25,26)18-11-16(8-7-15(18)12-27)29-19-3-1-2-4-20(19)30(22(29)31)21-13-28-10-9-17(21)14-5-6-14/h7-11,13-14,19-20H,1-6H2/t19-,20-/m0/s1. The van der Waals surface area contributed by atoms with Gasteiger partial charge in [-0.2, -0.15) is 18.4 Å². The van der Waals surface area contributed by atoms with Gasteiger partial charge in [-0.25, -0.2) is 4.79 Å². The lowest BCUT2D eigenvalue weighted by atomic mass is 9.89. The molecule has 2 amide bonds. The highest BCUT2D eigenvalue weighted by Gasteiger charge is 2.49. The number of nitriles is 1. The van der Waals surface area contributed by atoms with Crippen molar-refractivity contribution in [3.8, 4) is 6.07 Å². The molecule has 1 aromatic carbocycles. The lowest BCUT2D eigenvalue weighted by Gasteiger charge is -2.32. The van der Waals surface area contributed by atoms with Crippen molar-refractivity contribution in [3.63, 3.8) is 0 Å². The van der Waals surface area contributed by atoms with Gasteiger partial charge in [-0.15, -0.1) is 0 Å². The molecule has 3 aliphatic rings. The summed E-state index contributed by atoms with van der Waals surface area (Å²) in [7, 11) is 0. The number of alkyl halides is 3. The van der Waals surface area contributed by atoms with E-state index in [4.69, 9.17) is 5.26 Å². The van der Waals surface area contributed by atoms with Gasteiger partial charge < -0.3 is 0 Å². The third-order valence-electron chi connectivity index (χ3n) is 6.59. The van der Waals surface area contributed by atoms with E-state index in [2.05, 4.69) is 4.98 Å². The number of amides is 2. The van der Waals surface area contributed by atoms with Crippen molar-refractivity contribution in [1.82, 2.24) is 4.98 Å². The number of urea groups is 1. The molecule has 1 saturated heterocycles. The molecule has 160 valence electrons. The summed E-state index contributed by atoms with van der Waals surface area (Å²) in [5.41, 5.74) is 0.603. The quantitative estimate of drug-likeness (QED) is 0.641. The lowest BCUT2D eigenvalue weighted by molar-refractivity contribution is -0.137. The molecule has 2 heterocycles. The van der Waals surface area contributed by atoms with Gasteiger partial charge in [-0.05, 0) is 61.4 Å². The largest absolute Gasteiger partial charge is 0.417 e. The first-order chi connectivity index (χ1) is 14.9. The fourth-order valence-electron chi connectivity index (χ4n) is 5.03. The van der Waals surface area contributed by atoms with Crippen molar-refractivity contribution in [2.45, 2.75) is 62.7 Å². The molecule has 1 aliphatic heterocycles. The number of pyridine rings is 1. The Bertz CT molecular complexity index is 1070. The molecule has 2 atom stereocenters. The van der Waals surface area contributed by atoms with E-state index >= 15 is 0 Å². The van der Waals surface area contributed by atoms with E-state index in [0.717, 1.165) is 61.9 Å². The van der Waals surface area contributed by atoms with Crippen LogP contribution in [0.1, 0.15) is 61.1 Å². The van der Waals surface area contributed by atoms with Gasteiger partial charge in [0.15, 0.2) is 0 Å². The second kappa shape index (κ2) is 7.26. The van der Waals surface area contributed by atoms with Crippen molar-refractivity contribution in [3.05, 3.63) is 53.3 Å². The van der Waals surface area contributed by atoms with E-state index in [1.807, 2.05) is 6.07 Å². The molecule has 5 rings (SSSR count). The summed E-state index contributed by atoms with van der Waals surface area (Å²) in [5, 5.41) is 9.11. The number of hydrogen-bond acceptors (Lipinski definition) is 3. The molecule has 5 nitrogen and oxygen atoms in total. The number of halogens is 3. The van der Waals surface area contributed by atoms with E-state index in [0.29, 0.717) is 5.92 Å². The first-order valence-electron chi connectivity index (χ1n) is 10.6. The minimum absolute atomic E-state index is 0.104. The third kappa shape index (κ3) is 3.32. The molecule has 1 aromatic heterocycles. The normalized spacial score (nSPS) is 23.6. The Kier molecular flexibility index (Phi) is 4.65. The number of aromatic nitrogens is 1. The van der Waals surface area contributed by atoms with E-state index in [9.17, 15) is 18.0 Å². The van der Waals surface area contributed by atoms with Crippen LogP contribution >= 0.6 is 0 Å². The first kappa shape index (κ1) is 19.9. The molecular weight excluding hydrogens is 405 g/mol. The molecule has 0 bridgehead atoms. The zero-order valence-corrected chi connectivity index (χ0v) is 16.8. The molecule has 0 unspecified atom stereocenters. The SMILES string of the molecule is N#Cc1ccc(N2C(=O)N(c3cnccc3C3CC3)[C@H]3CCCC[C@@H]32)cc1C(F)(F)F. The van der Waals surface area contributed by atoms with Crippen molar-refractivity contribution in [2.24, 2.45) is 0 Å². The van der Waals surface area contributed by atoms with Gasteiger partial charge in [0.25, 0.3) is 0 Å². The van der Waals surface area contributed by atoms with Crippen LogP contribution in [0.2, 0.25) is 0 Å². The van der Waals surface area contributed by atoms with E-state index in [-0.39, 0.29) is 23.8 Å². The average molecular weight is 426 g/mol. The van der Waals surface area contributed by atoms with Crippen molar-refractivity contribution < 1.29 is 18.0 Å². The van der Waals surface area contributed by atoms with Gasteiger partial charge in [0.1, 0.15) is 0 Å². The fourth-order valence-corrected chi connectivity index (χ4v) is 5.03. The zero-order chi connectivity index (χ0) is 21.8. The summed E-state index contributed by atoms with van der Waals surface area (Å²) in [6.45, 7) is 0. The zero-order valence-electron chi connectivity index (χ0n) is 16.8. The summed E-state index contributed by atoms with van der Waals surface area (Å²) >= 11 is 0. The number of hydrogen-bond donors (Lipinski definition) is 0. The summed E-state index contributed by atoms with van der Waals surface area (Å²) in [5.74, 6) is 0.411. The maximum Gasteiger partial charge on any atom is 0.417 e. The van der Waals surface area contributed by atoms with Crippen LogP contribution in [0.15, 0.2) is 36.7 Å². The van der Waals surface area contributed by atoms with Crippen LogP contribution in [0.3, 0.4) is 0 Å². The highest BCUT2D eigenvalue weighted by Crippen LogP contribution is 2.48. The van der Waals surface area contributed by atoms with Gasteiger partial charge >= 0.3 is 12.2 Å². The maximum atomic E-state index is 13.7. The van der Waals surface area contributed by atoms with Crippen molar-refractivity contribution >= 4 is 17.4 Å². The highest BCUT2D eigenvalue weighted by molar-refractivity contribution is 6.08. The Balaban J connectivity index is 1.60. The van der Waals surface area contributed by atoms with Gasteiger partial charge in [0.2, 0.25) is 0 Å². The Morgan fingerprint density at radius 1 is 1.03 bits per heavy atom. The number of anilines is 2. The molecule has 3 fully saturated rings. The molecule has 8 heteroatoms. The number of carbonyl (C=O) groups is 1. The van der Waals surface area contributed by atoms with Crippen LogP contribution in [0, 0.1) is 11.3 Å². The molecule has 2 aromatic rings. The van der Waals surface area contributed by atoms with Crippen LogP contribution in [0.25, 0.3) is 0 Å². The topological polar surface area (TPSA) is 60.2 Å². The van der Waals surface area contributed by atoms with Gasteiger partial charge in [-0.3, -0.25) is 14.8 Å². The van der Waals surface area contributed by atoms with Crippen molar-refractivity contribution in [2.75, 3.05) is 9.80 Å². The molecule has 2 saturated carbocycles. The smallest absolute Gasteiger partial charge is 0.289 e. The number of benzene rings is 1. The predicted octanol–water partition coefficient (Wildman–Crippen LogP) is 5.61. The highest BCUT2D eigenvalue weighted by atomic mass is 19.4.